The number of aliphatic hydroxyl groups excluding tert-OH is 6. The van der Waals surface area contributed by atoms with Crippen LogP contribution < -0.4 is 18.9 Å². The number of ketones is 2. The van der Waals surface area contributed by atoms with Gasteiger partial charge < -0.3 is 80.2 Å². The van der Waals surface area contributed by atoms with Crippen LogP contribution in [-0.2, 0) is 48.1 Å². The van der Waals surface area contributed by atoms with Crippen molar-refractivity contribution in [1.29, 1.82) is 0 Å². The van der Waals surface area contributed by atoms with Gasteiger partial charge in [0, 0.05) is 34.8 Å². The summed E-state index contributed by atoms with van der Waals surface area (Å²) in [4.78, 5) is 24.7. The standard InChI is InChI=1S/C19H26O3.C19H24O3.C19H26O3.C19H24O3.2C18H24O3/c2*1-19-10-9-12-11-5-7-16(20)18(22-2)14(11)4-3-13(12)15(19)6-8-17(19)21;2*1-19-8-7-12-13(15(19)5-6-18(19)21)4-3-11-9-16(20)17(22-2)10-14(11)12;2*1-18-7-6-13-12-5-3-11(19)8-10(12)2-4-14(13)15(18)9-16(20)17(18)21/h5,7,12-13,15,17,20-21H,3-4,6,8-10H2,1-2H3;5,7,12-13,15,20H,3-4,6,8-10H2,1-2H3;9-10,12-13,15,18,20-21H,3-8H2,1-2H3;9-10,12-13,15,20H,3-8H2,1-2H3;2*3,5,8,13-17,19-21H,2,4,6-7,9H2,1H3/t;;;;13?,14?,15?,16-,17-,18?;/m....1./s1. The average molecular weight is 1780 g/mol. The molecule has 18 aliphatic carbocycles. The Morgan fingerprint density at radius 3 is 0.969 bits per heavy atom. The van der Waals surface area contributed by atoms with Gasteiger partial charge >= 0.3 is 0 Å². The average Bonchev–Trinajstić information content (AvgIpc) is 1.62. The van der Waals surface area contributed by atoms with Gasteiger partial charge in [-0.3, -0.25) is 9.59 Å². The molecule has 0 heterocycles. The number of methoxy groups -OCH3 is 4. The SMILES string of the molecule is CC12CCC3c4ccc(O)cc4CCC3C1CC(O)C2O.CC12CCC3c4ccc(O)cc4CCC3C1C[C@@H](O)[C@H]2O.COc1c(O)ccc2c1CCC1C2CCC2(C)C(=O)CCC12.COc1c(O)ccc2c1CCC1C2CCC2(C)C(O)CCC12.COc1cc2c(cc1O)CCC1C2CCC2(C)C(=O)CCC12.COc1cc2c(cc1O)CCC1C2CCC2(C)C(O)CCC12. The maximum atomic E-state index is 12.3. The number of carbonyl (C=O) groups is 2. The number of ether oxygens (including phenoxy) is 4. The number of hydrogen-bond donors (Lipinski definition) is 12. The van der Waals surface area contributed by atoms with Crippen LogP contribution in [0.2, 0.25) is 0 Å². The maximum absolute atomic E-state index is 12.3. The van der Waals surface area contributed by atoms with Gasteiger partial charge in [-0.25, -0.2) is 0 Å². The molecule has 0 aliphatic heterocycles. The number of hydrogen-bond acceptors (Lipinski definition) is 18. The number of aromatic hydroxyl groups is 6. The van der Waals surface area contributed by atoms with Crippen LogP contribution in [0.15, 0.2) is 84.9 Å². The Morgan fingerprint density at radius 2 is 0.600 bits per heavy atom. The van der Waals surface area contributed by atoms with Crippen LogP contribution in [-0.4, -0.2) is 138 Å². The molecule has 0 spiro atoms. The van der Waals surface area contributed by atoms with Gasteiger partial charge in [-0.15, -0.1) is 0 Å². The lowest BCUT2D eigenvalue weighted by Crippen LogP contribution is -2.44. The van der Waals surface area contributed by atoms with Crippen LogP contribution in [0.25, 0.3) is 0 Å². The monoisotopic (exact) mass is 1780 g/mol. The number of aliphatic hydroxyl groups is 6. The number of phenols is 6. The molecule has 12 N–H and O–H groups in total. The van der Waals surface area contributed by atoms with Crippen LogP contribution in [0.1, 0.15) is 324 Å². The lowest BCUT2D eigenvalue weighted by molar-refractivity contribution is -0.130. The van der Waals surface area contributed by atoms with E-state index in [1.807, 2.05) is 30.3 Å². The zero-order valence-electron chi connectivity index (χ0n) is 78.8. The summed E-state index contributed by atoms with van der Waals surface area (Å²) >= 11 is 0. The second kappa shape index (κ2) is 35.0. The zero-order chi connectivity index (χ0) is 91.5. The summed E-state index contributed by atoms with van der Waals surface area (Å²) in [5.74, 6) is 15.4. The third-order valence-electron chi connectivity index (χ3n) is 40.8. The zero-order valence-corrected chi connectivity index (χ0v) is 78.8. The highest BCUT2D eigenvalue weighted by molar-refractivity contribution is 5.88. The third-order valence-corrected chi connectivity index (χ3v) is 40.8. The number of fused-ring (bicyclic) bond motifs is 30. The summed E-state index contributed by atoms with van der Waals surface area (Å²) < 4.78 is 21.5. The summed E-state index contributed by atoms with van der Waals surface area (Å²) in [7, 11) is 6.50. The summed E-state index contributed by atoms with van der Waals surface area (Å²) in [6.45, 7) is 13.4. The molecule has 0 saturated heterocycles. The molecule has 12 fully saturated rings. The highest BCUT2D eigenvalue weighted by Gasteiger charge is 2.63. The summed E-state index contributed by atoms with van der Waals surface area (Å²) in [6.07, 6.45) is 32.7. The molecular formula is C112H148O18. The van der Waals surface area contributed by atoms with Gasteiger partial charge in [0.2, 0.25) is 0 Å². The Hall–Kier alpha value is -7.58. The quantitative estimate of drug-likeness (QED) is 0.0780. The van der Waals surface area contributed by atoms with E-state index in [9.17, 15) is 70.9 Å². The molecule has 0 radical (unpaired) electrons. The molecular weight excluding hydrogens is 1630 g/mol. The number of aryl methyl sites for hydroxylation is 4. The summed E-state index contributed by atoms with van der Waals surface area (Å²) in [6, 6.07) is 27.3. The molecule has 6 aromatic rings. The van der Waals surface area contributed by atoms with E-state index in [4.69, 9.17) is 18.9 Å². The first-order valence-electron chi connectivity index (χ1n) is 50.6. The van der Waals surface area contributed by atoms with Crippen LogP contribution in [0.3, 0.4) is 0 Å². The second-order valence-corrected chi connectivity index (χ2v) is 45.8. The molecule has 24 rings (SSSR count). The molecule has 6 aromatic carbocycles. The van der Waals surface area contributed by atoms with Crippen molar-refractivity contribution in [3.05, 3.63) is 152 Å². The highest BCUT2D eigenvalue weighted by atomic mass is 16.5. The first kappa shape index (κ1) is 91.5. The van der Waals surface area contributed by atoms with Crippen LogP contribution in [0.5, 0.6) is 57.5 Å². The normalized spacial score (nSPS) is 40.3. The molecule has 0 aromatic heterocycles. The summed E-state index contributed by atoms with van der Waals surface area (Å²) in [5.41, 5.74) is 15.7. The van der Waals surface area contributed by atoms with Gasteiger partial charge in [0.25, 0.3) is 0 Å². The van der Waals surface area contributed by atoms with E-state index < -0.39 is 24.4 Å². The summed E-state index contributed by atoms with van der Waals surface area (Å²) in [5, 5.41) is 121. The lowest BCUT2D eigenvalue weighted by Gasteiger charge is -2.50. The predicted molar refractivity (Wildman–Crippen MR) is 499 cm³/mol. The van der Waals surface area contributed by atoms with Gasteiger partial charge in [0.15, 0.2) is 46.0 Å². The number of Topliss-reactive ketones (excluding diaryl/α,β-unsaturated/α-hetero) is 2. The van der Waals surface area contributed by atoms with E-state index in [0.717, 1.165) is 199 Å². The molecule has 28 unspecified atom stereocenters. The fraction of sp³-hybridized carbons (Fsp3) is 0.661. The minimum Gasteiger partial charge on any atom is -0.508 e. The first-order chi connectivity index (χ1) is 62.2. The highest BCUT2D eigenvalue weighted by Crippen LogP contribution is 2.69. The van der Waals surface area contributed by atoms with Crippen molar-refractivity contribution in [3.63, 3.8) is 0 Å². The van der Waals surface area contributed by atoms with E-state index in [0.29, 0.717) is 153 Å². The molecule has 130 heavy (non-hydrogen) atoms. The van der Waals surface area contributed by atoms with Gasteiger partial charge in [-0.1, -0.05) is 65.8 Å². The minimum atomic E-state index is -0.565. The van der Waals surface area contributed by atoms with E-state index in [1.54, 1.807) is 52.7 Å². The largest absolute Gasteiger partial charge is 0.508 e. The molecule has 704 valence electrons. The Bertz CT molecular complexity index is 5060. The van der Waals surface area contributed by atoms with Crippen molar-refractivity contribution in [1.82, 2.24) is 0 Å². The smallest absolute Gasteiger partial charge is 0.163 e. The van der Waals surface area contributed by atoms with E-state index in [1.165, 1.54) is 86.0 Å². The van der Waals surface area contributed by atoms with Crippen LogP contribution in [0, 0.1) is 104 Å². The van der Waals surface area contributed by atoms with Crippen LogP contribution in [0.4, 0.5) is 0 Å². The van der Waals surface area contributed by atoms with E-state index >= 15 is 0 Å². The Labute approximate surface area is 770 Å². The Balaban J connectivity index is 0.000000101. The van der Waals surface area contributed by atoms with Crippen molar-refractivity contribution in [2.45, 2.75) is 332 Å². The van der Waals surface area contributed by atoms with Crippen molar-refractivity contribution in [2.75, 3.05) is 28.4 Å². The Morgan fingerprint density at radius 1 is 0.285 bits per heavy atom. The van der Waals surface area contributed by atoms with Gasteiger partial charge in [-0.05, 0) is 450 Å². The van der Waals surface area contributed by atoms with Crippen molar-refractivity contribution in [2.24, 2.45) is 104 Å². The molecule has 18 aliphatic rings. The van der Waals surface area contributed by atoms with E-state index in [-0.39, 0.29) is 67.7 Å². The van der Waals surface area contributed by atoms with Crippen molar-refractivity contribution in [3.8, 4) is 57.5 Å². The van der Waals surface area contributed by atoms with E-state index in [2.05, 4.69) is 71.9 Å². The molecule has 0 amide bonds. The molecule has 30 atom stereocenters. The molecule has 12 saturated carbocycles. The minimum absolute atomic E-state index is 0.0698. The van der Waals surface area contributed by atoms with Crippen molar-refractivity contribution >= 4 is 11.6 Å². The third kappa shape index (κ3) is 15.0. The van der Waals surface area contributed by atoms with Gasteiger partial charge in [0.05, 0.1) is 65.1 Å². The number of carbonyl (C=O) groups excluding carboxylic acids is 2. The number of rotatable bonds is 4. The van der Waals surface area contributed by atoms with Crippen molar-refractivity contribution < 1.29 is 89.8 Å². The maximum Gasteiger partial charge on any atom is 0.163 e. The molecule has 18 nitrogen and oxygen atoms in total. The fourth-order valence-electron chi connectivity index (χ4n) is 33.8. The van der Waals surface area contributed by atoms with Gasteiger partial charge in [0.1, 0.15) is 23.1 Å². The fourth-order valence-corrected chi connectivity index (χ4v) is 33.8. The Kier molecular flexibility index (Phi) is 24.6. The van der Waals surface area contributed by atoms with Gasteiger partial charge in [-0.2, -0.15) is 0 Å². The second-order valence-electron chi connectivity index (χ2n) is 45.8. The first-order valence-corrected chi connectivity index (χ1v) is 50.6. The molecule has 18 heteroatoms. The number of benzene rings is 6. The molecule has 0 bridgehead atoms. The lowest BCUT2D eigenvalue weighted by atomic mass is 9.55. The predicted octanol–water partition coefficient (Wildman–Crippen LogP) is 20.0. The number of phenolic OH excluding ortho intramolecular Hbond substituents is 6. The topological polar surface area (TPSA) is 314 Å². The van der Waals surface area contributed by atoms with Crippen LogP contribution >= 0.6 is 0 Å².